The van der Waals surface area contributed by atoms with Crippen LogP contribution in [-0.4, -0.2) is 48.3 Å². The van der Waals surface area contributed by atoms with Crippen molar-refractivity contribution in [3.05, 3.63) is 35.9 Å². The Hall–Kier alpha value is -1.65. The van der Waals surface area contributed by atoms with Gasteiger partial charge in [-0.15, -0.1) is 0 Å². The van der Waals surface area contributed by atoms with Crippen molar-refractivity contribution in [2.75, 3.05) is 37.7 Å². The van der Waals surface area contributed by atoms with Gasteiger partial charge in [0.2, 0.25) is 0 Å². The molecule has 0 unspecified atom stereocenters. The lowest BCUT2D eigenvalue weighted by molar-refractivity contribution is 0.0639. The molecular formula is C20H27N3O. The summed E-state index contributed by atoms with van der Waals surface area (Å²) in [5, 5.41) is 1.24. The Bertz CT molecular complexity index is 722. The van der Waals surface area contributed by atoms with Crippen molar-refractivity contribution in [1.29, 1.82) is 0 Å². The zero-order chi connectivity index (χ0) is 16.6. The predicted octanol–water partition coefficient (Wildman–Crippen LogP) is 3.45. The largest absolute Gasteiger partial charge is 0.377 e. The van der Waals surface area contributed by atoms with E-state index in [1.54, 1.807) is 0 Å². The topological polar surface area (TPSA) is 28.6 Å². The quantitative estimate of drug-likeness (QED) is 0.864. The van der Waals surface area contributed by atoms with Gasteiger partial charge < -0.3 is 9.64 Å². The molecule has 0 bridgehead atoms. The first kappa shape index (κ1) is 15.9. The molecule has 128 valence electrons. The number of benzene rings is 1. The van der Waals surface area contributed by atoms with Gasteiger partial charge in [0.25, 0.3) is 0 Å². The minimum atomic E-state index is -0.00534. The zero-order valence-corrected chi connectivity index (χ0v) is 14.8. The second-order valence-corrected chi connectivity index (χ2v) is 7.70. The Morgan fingerprint density at radius 1 is 1.08 bits per heavy atom. The van der Waals surface area contributed by atoms with Crippen LogP contribution in [0.5, 0.6) is 0 Å². The number of aromatic nitrogens is 1. The van der Waals surface area contributed by atoms with E-state index >= 15 is 0 Å². The minimum Gasteiger partial charge on any atom is -0.377 e. The molecule has 4 rings (SSSR count). The number of anilines is 1. The standard InChI is InChI=1S/C20H27N3O/c1-20(2)15-24-12-11-23(20)19-8-6-17-13-16(5-7-18(17)21-19)14-22-9-3-4-10-22/h5-8,13H,3-4,9-12,14-15H2,1-2H3. The van der Waals surface area contributed by atoms with Crippen LogP contribution in [0.3, 0.4) is 0 Å². The highest BCUT2D eigenvalue weighted by Crippen LogP contribution is 2.27. The predicted molar refractivity (Wildman–Crippen MR) is 98.5 cm³/mol. The van der Waals surface area contributed by atoms with E-state index in [1.807, 2.05) is 0 Å². The molecule has 24 heavy (non-hydrogen) atoms. The summed E-state index contributed by atoms with van der Waals surface area (Å²) in [6, 6.07) is 11.1. The Balaban J connectivity index is 1.59. The van der Waals surface area contributed by atoms with Crippen LogP contribution >= 0.6 is 0 Å². The third-order valence-electron chi connectivity index (χ3n) is 5.27. The molecule has 0 radical (unpaired) electrons. The van der Waals surface area contributed by atoms with Crippen LogP contribution in [-0.2, 0) is 11.3 Å². The van der Waals surface area contributed by atoms with Gasteiger partial charge in [0.1, 0.15) is 5.82 Å². The van der Waals surface area contributed by atoms with Crippen LogP contribution in [0.4, 0.5) is 5.82 Å². The highest BCUT2D eigenvalue weighted by molar-refractivity contribution is 5.81. The van der Waals surface area contributed by atoms with Gasteiger partial charge in [-0.1, -0.05) is 6.07 Å². The van der Waals surface area contributed by atoms with Crippen LogP contribution in [0.1, 0.15) is 32.3 Å². The molecule has 0 N–H and O–H groups in total. The van der Waals surface area contributed by atoms with Gasteiger partial charge in [-0.25, -0.2) is 4.98 Å². The summed E-state index contributed by atoms with van der Waals surface area (Å²) < 4.78 is 5.63. The van der Waals surface area contributed by atoms with E-state index in [0.717, 1.165) is 37.6 Å². The Morgan fingerprint density at radius 2 is 1.92 bits per heavy atom. The zero-order valence-electron chi connectivity index (χ0n) is 14.8. The van der Waals surface area contributed by atoms with Crippen molar-refractivity contribution in [2.24, 2.45) is 0 Å². The van der Waals surface area contributed by atoms with Gasteiger partial charge in [-0.3, -0.25) is 4.90 Å². The molecule has 0 amide bonds. The number of pyridine rings is 1. The lowest BCUT2D eigenvalue weighted by Gasteiger charge is -2.43. The minimum absolute atomic E-state index is 0.00534. The fraction of sp³-hybridized carbons (Fsp3) is 0.550. The fourth-order valence-corrected chi connectivity index (χ4v) is 3.89. The summed E-state index contributed by atoms with van der Waals surface area (Å²) in [7, 11) is 0. The van der Waals surface area contributed by atoms with E-state index in [1.165, 1.54) is 36.9 Å². The maximum Gasteiger partial charge on any atom is 0.129 e. The monoisotopic (exact) mass is 325 g/mol. The second kappa shape index (κ2) is 6.34. The average Bonchev–Trinajstić information content (AvgIpc) is 3.07. The molecule has 2 aliphatic heterocycles. The summed E-state index contributed by atoms with van der Waals surface area (Å²) in [4.78, 5) is 9.83. The van der Waals surface area contributed by atoms with Gasteiger partial charge in [-0.05, 0) is 69.6 Å². The number of nitrogens with zero attached hydrogens (tertiary/aromatic N) is 3. The van der Waals surface area contributed by atoms with Gasteiger partial charge in [0, 0.05) is 18.5 Å². The van der Waals surface area contributed by atoms with Gasteiger partial charge in [0.05, 0.1) is 24.3 Å². The normalized spacial score (nSPS) is 21.5. The molecule has 0 saturated carbocycles. The molecule has 4 nitrogen and oxygen atoms in total. The lowest BCUT2D eigenvalue weighted by atomic mass is 10.0. The third kappa shape index (κ3) is 3.13. The van der Waals surface area contributed by atoms with Crippen LogP contribution in [0, 0.1) is 0 Å². The SMILES string of the molecule is CC1(C)COCCN1c1ccc2cc(CN3CCCC3)ccc2n1. The highest BCUT2D eigenvalue weighted by Gasteiger charge is 2.31. The fourth-order valence-electron chi connectivity index (χ4n) is 3.89. The number of ether oxygens (including phenoxy) is 1. The molecule has 0 aliphatic carbocycles. The van der Waals surface area contributed by atoms with E-state index in [0.29, 0.717) is 0 Å². The third-order valence-corrected chi connectivity index (χ3v) is 5.27. The lowest BCUT2D eigenvalue weighted by Crippen LogP contribution is -2.53. The first-order chi connectivity index (χ1) is 11.6. The van der Waals surface area contributed by atoms with Crippen LogP contribution in [0.15, 0.2) is 30.3 Å². The summed E-state index contributed by atoms with van der Waals surface area (Å²) >= 11 is 0. The van der Waals surface area contributed by atoms with E-state index in [2.05, 4.69) is 54.0 Å². The first-order valence-corrected chi connectivity index (χ1v) is 9.09. The van der Waals surface area contributed by atoms with Gasteiger partial charge in [-0.2, -0.15) is 0 Å². The summed E-state index contributed by atoms with van der Waals surface area (Å²) in [6.07, 6.45) is 2.68. The van der Waals surface area contributed by atoms with Crippen molar-refractivity contribution in [2.45, 2.75) is 38.8 Å². The van der Waals surface area contributed by atoms with E-state index in [-0.39, 0.29) is 5.54 Å². The molecule has 2 saturated heterocycles. The van der Waals surface area contributed by atoms with Crippen molar-refractivity contribution < 1.29 is 4.74 Å². The molecule has 4 heteroatoms. The number of morpholine rings is 1. The first-order valence-electron chi connectivity index (χ1n) is 9.09. The number of likely N-dealkylation sites (tertiary alicyclic amines) is 1. The Labute approximate surface area is 144 Å². The number of hydrogen-bond donors (Lipinski definition) is 0. The molecule has 3 heterocycles. The van der Waals surface area contributed by atoms with Crippen molar-refractivity contribution >= 4 is 16.7 Å². The molecule has 0 atom stereocenters. The summed E-state index contributed by atoms with van der Waals surface area (Å²) in [5.74, 6) is 1.06. The maximum absolute atomic E-state index is 5.63. The Kier molecular flexibility index (Phi) is 4.19. The summed E-state index contributed by atoms with van der Waals surface area (Å²) in [6.45, 7) is 10.4. The molecule has 2 fully saturated rings. The van der Waals surface area contributed by atoms with E-state index < -0.39 is 0 Å². The molecule has 1 aromatic heterocycles. The second-order valence-electron chi connectivity index (χ2n) is 7.70. The van der Waals surface area contributed by atoms with E-state index in [9.17, 15) is 0 Å². The summed E-state index contributed by atoms with van der Waals surface area (Å²) in [5.41, 5.74) is 2.47. The molecule has 2 aromatic rings. The molecule has 2 aliphatic rings. The van der Waals surface area contributed by atoms with Crippen LogP contribution in [0.25, 0.3) is 10.9 Å². The molecule has 1 aromatic carbocycles. The number of rotatable bonds is 3. The number of fused-ring (bicyclic) bond motifs is 1. The smallest absolute Gasteiger partial charge is 0.129 e. The van der Waals surface area contributed by atoms with Crippen molar-refractivity contribution in [3.63, 3.8) is 0 Å². The molecular weight excluding hydrogens is 298 g/mol. The maximum atomic E-state index is 5.63. The van der Waals surface area contributed by atoms with Gasteiger partial charge in [0.15, 0.2) is 0 Å². The number of hydrogen-bond acceptors (Lipinski definition) is 4. The van der Waals surface area contributed by atoms with Crippen LogP contribution < -0.4 is 4.90 Å². The van der Waals surface area contributed by atoms with Crippen molar-refractivity contribution in [1.82, 2.24) is 9.88 Å². The van der Waals surface area contributed by atoms with Crippen molar-refractivity contribution in [3.8, 4) is 0 Å². The average molecular weight is 325 g/mol. The molecule has 0 spiro atoms. The van der Waals surface area contributed by atoms with E-state index in [4.69, 9.17) is 9.72 Å². The van der Waals surface area contributed by atoms with Crippen LogP contribution in [0.2, 0.25) is 0 Å². The highest BCUT2D eigenvalue weighted by atomic mass is 16.5. The van der Waals surface area contributed by atoms with Gasteiger partial charge >= 0.3 is 0 Å². The Morgan fingerprint density at radius 3 is 2.71 bits per heavy atom.